The average molecular weight is 262 g/mol. The van der Waals surface area contributed by atoms with E-state index < -0.39 is 12.1 Å². The van der Waals surface area contributed by atoms with E-state index in [0.717, 1.165) is 32.0 Å². The highest BCUT2D eigenvalue weighted by Crippen LogP contribution is 2.48. The Morgan fingerprint density at radius 3 is 2.33 bits per heavy atom. The molecule has 0 aromatic heterocycles. The minimum atomic E-state index is -4.06. The van der Waals surface area contributed by atoms with Gasteiger partial charge in [0, 0.05) is 5.92 Å². The number of aldehydes is 1. The maximum absolute atomic E-state index is 13.1. The molecule has 2 aliphatic rings. The van der Waals surface area contributed by atoms with Gasteiger partial charge >= 0.3 is 6.18 Å². The number of alkyl halides is 3. The largest absolute Gasteiger partial charge is 0.392 e. The molecule has 0 saturated heterocycles. The maximum Gasteiger partial charge on any atom is 0.392 e. The Labute approximate surface area is 106 Å². The molecule has 2 saturated carbocycles. The van der Waals surface area contributed by atoms with Crippen LogP contribution in [0, 0.1) is 23.7 Å². The number of hydrogen-bond acceptors (Lipinski definition) is 1. The Kier molecular flexibility index (Phi) is 4.33. The van der Waals surface area contributed by atoms with Gasteiger partial charge in [0.25, 0.3) is 0 Å². The Morgan fingerprint density at radius 1 is 0.944 bits per heavy atom. The van der Waals surface area contributed by atoms with Gasteiger partial charge in [0.2, 0.25) is 0 Å². The second kappa shape index (κ2) is 5.62. The van der Waals surface area contributed by atoms with E-state index in [2.05, 4.69) is 0 Å². The van der Waals surface area contributed by atoms with E-state index in [9.17, 15) is 18.0 Å². The third-order valence-corrected chi connectivity index (χ3v) is 4.79. The van der Waals surface area contributed by atoms with E-state index in [0.29, 0.717) is 19.3 Å². The van der Waals surface area contributed by atoms with Crippen LogP contribution in [0.2, 0.25) is 0 Å². The van der Waals surface area contributed by atoms with Gasteiger partial charge in [-0.05, 0) is 37.5 Å². The Bertz CT molecular complexity index is 287. The number of carbonyl (C=O) groups is 1. The van der Waals surface area contributed by atoms with E-state index in [1.807, 2.05) is 0 Å². The monoisotopic (exact) mass is 262 g/mol. The average Bonchev–Trinajstić information content (AvgIpc) is 2.38. The number of carbonyl (C=O) groups excluding carboxylic acids is 1. The molecule has 2 fully saturated rings. The van der Waals surface area contributed by atoms with Gasteiger partial charge in [-0.15, -0.1) is 0 Å². The van der Waals surface area contributed by atoms with Gasteiger partial charge in [-0.25, -0.2) is 0 Å². The Hall–Kier alpha value is -0.540. The van der Waals surface area contributed by atoms with Crippen molar-refractivity contribution in [3.8, 4) is 0 Å². The van der Waals surface area contributed by atoms with Crippen LogP contribution in [0.3, 0.4) is 0 Å². The van der Waals surface area contributed by atoms with Crippen molar-refractivity contribution in [1.29, 1.82) is 0 Å². The van der Waals surface area contributed by atoms with Gasteiger partial charge in [0.1, 0.15) is 6.29 Å². The molecule has 0 N–H and O–H groups in total. The van der Waals surface area contributed by atoms with Crippen molar-refractivity contribution in [2.45, 2.75) is 57.5 Å². The summed E-state index contributed by atoms with van der Waals surface area (Å²) in [6, 6.07) is 0. The maximum atomic E-state index is 13.1. The lowest BCUT2D eigenvalue weighted by Crippen LogP contribution is -2.38. The molecule has 0 aliphatic heterocycles. The van der Waals surface area contributed by atoms with Crippen LogP contribution < -0.4 is 0 Å². The van der Waals surface area contributed by atoms with Crippen molar-refractivity contribution in [2.75, 3.05) is 0 Å². The Balaban J connectivity index is 2.06. The molecule has 104 valence electrons. The van der Waals surface area contributed by atoms with Crippen molar-refractivity contribution in [1.82, 2.24) is 0 Å². The zero-order chi connectivity index (χ0) is 13.2. The van der Waals surface area contributed by atoms with Gasteiger partial charge in [0.15, 0.2) is 0 Å². The molecule has 0 amide bonds. The summed E-state index contributed by atoms with van der Waals surface area (Å²) >= 11 is 0. The summed E-state index contributed by atoms with van der Waals surface area (Å²) in [5, 5.41) is 0. The molecule has 0 bridgehead atoms. The summed E-state index contributed by atoms with van der Waals surface area (Å²) in [5.74, 6) is -1.25. The fraction of sp³-hybridized carbons (Fsp3) is 0.929. The molecular formula is C14H21F3O. The second-order valence-electron chi connectivity index (χ2n) is 5.92. The van der Waals surface area contributed by atoms with Gasteiger partial charge in [-0.1, -0.05) is 25.7 Å². The molecule has 4 atom stereocenters. The molecule has 0 aromatic carbocycles. The molecule has 18 heavy (non-hydrogen) atoms. The zero-order valence-electron chi connectivity index (χ0n) is 10.6. The lowest BCUT2D eigenvalue weighted by Gasteiger charge is -2.40. The second-order valence-corrected chi connectivity index (χ2v) is 5.92. The van der Waals surface area contributed by atoms with Crippen molar-refractivity contribution in [2.24, 2.45) is 23.7 Å². The summed E-state index contributed by atoms with van der Waals surface area (Å²) in [6.45, 7) is 0. The molecule has 1 nitrogen and oxygen atoms in total. The third-order valence-electron chi connectivity index (χ3n) is 4.79. The molecule has 0 spiro atoms. The summed E-state index contributed by atoms with van der Waals surface area (Å²) in [6.07, 6.45) is 2.82. The van der Waals surface area contributed by atoms with Gasteiger partial charge in [0.05, 0.1) is 5.92 Å². The first kappa shape index (κ1) is 13.9. The highest BCUT2D eigenvalue weighted by molar-refractivity contribution is 5.53. The van der Waals surface area contributed by atoms with Crippen LogP contribution in [0.25, 0.3) is 0 Å². The molecule has 2 rings (SSSR count). The first-order valence-electron chi connectivity index (χ1n) is 7.04. The van der Waals surface area contributed by atoms with E-state index in [-0.39, 0.29) is 24.2 Å². The van der Waals surface area contributed by atoms with Crippen molar-refractivity contribution >= 4 is 6.29 Å². The van der Waals surface area contributed by atoms with Crippen molar-refractivity contribution in [3.63, 3.8) is 0 Å². The van der Waals surface area contributed by atoms with Crippen molar-refractivity contribution in [3.05, 3.63) is 0 Å². The fourth-order valence-electron chi connectivity index (χ4n) is 3.91. The molecule has 0 heterocycles. The Morgan fingerprint density at radius 2 is 1.67 bits per heavy atom. The summed E-state index contributed by atoms with van der Waals surface area (Å²) in [7, 11) is 0. The van der Waals surface area contributed by atoms with Crippen LogP contribution in [0.15, 0.2) is 0 Å². The van der Waals surface area contributed by atoms with Gasteiger partial charge in [-0.3, -0.25) is 0 Å². The lowest BCUT2D eigenvalue weighted by atomic mass is 9.66. The van der Waals surface area contributed by atoms with Crippen LogP contribution in [0.1, 0.15) is 51.4 Å². The predicted octanol–water partition coefficient (Wildman–Crippen LogP) is 4.36. The highest BCUT2D eigenvalue weighted by Gasteiger charge is 2.48. The zero-order valence-corrected chi connectivity index (χ0v) is 10.6. The third kappa shape index (κ3) is 3.07. The summed E-state index contributed by atoms with van der Waals surface area (Å²) in [4.78, 5) is 10.8. The van der Waals surface area contributed by atoms with E-state index in [1.165, 1.54) is 0 Å². The number of hydrogen-bond donors (Lipinski definition) is 0. The molecule has 4 heteroatoms. The minimum Gasteiger partial charge on any atom is -0.303 e. The highest BCUT2D eigenvalue weighted by atomic mass is 19.4. The molecule has 0 radical (unpaired) electrons. The van der Waals surface area contributed by atoms with Crippen LogP contribution >= 0.6 is 0 Å². The topological polar surface area (TPSA) is 17.1 Å². The first-order valence-corrected chi connectivity index (χ1v) is 7.04. The molecule has 0 aromatic rings. The molecule has 2 aliphatic carbocycles. The first-order chi connectivity index (χ1) is 8.52. The molecular weight excluding hydrogens is 241 g/mol. The predicted molar refractivity (Wildman–Crippen MR) is 63.0 cm³/mol. The quantitative estimate of drug-likeness (QED) is 0.676. The number of halogens is 3. The van der Waals surface area contributed by atoms with Gasteiger partial charge in [-0.2, -0.15) is 13.2 Å². The van der Waals surface area contributed by atoms with Gasteiger partial charge < -0.3 is 4.79 Å². The number of rotatable bonds is 2. The SMILES string of the molecule is O=CC1CCCC(C2CCCCC2C(F)(F)F)C1. The molecule has 4 unspecified atom stereocenters. The van der Waals surface area contributed by atoms with Crippen LogP contribution in [-0.2, 0) is 4.79 Å². The van der Waals surface area contributed by atoms with E-state index in [4.69, 9.17) is 0 Å². The van der Waals surface area contributed by atoms with E-state index in [1.54, 1.807) is 0 Å². The standard InChI is InChI=1S/C14H21F3O/c15-14(16,17)13-7-2-1-6-12(13)11-5-3-4-10(8-11)9-18/h9-13H,1-8H2. The van der Waals surface area contributed by atoms with Crippen molar-refractivity contribution < 1.29 is 18.0 Å². The lowest BCUT2D eigenvalue weighted by molar-refractivity contribution is -0.203. The minimum absolute atomic E-state index is 0.000407. The summed E-state index contributed by atoms with van der Waals surface area (Å²) in [5.41, 5.74) is 0. The smallest absolute Gasteiger partial charge is 0.303 e. The van der Waals surface area contributed by atoms with Crippen LogP contribution in [0.4, 0.5) is 13.2 Å². The van der Waals surface area contributed by atoms with Crippen LogP contribution in [-0.4, -0.2) is 12.5 Å². The summed E-state index contributed by atoms with van der Waals surface area (Å²) < 4.78 is 39.2. The van der Waals surface area contributed by atoms with E-state index >= 15 is 0 Å². The fourth-order valence-corrected chi connectivity index (χ4v) is 3.91. The van der Waals surface area contributed by atoms with Crippen LogP contribution in [0.5, 0.6) is 0 Å². The normalized spacial score (nSPS) is 38.4.